The van der Waals surface area contributed by atoms with Gasteiger partial charge in [0.25, 0.3) is 0 Å². The zero-order chi connectivity index (χ0) is 19.1. The Morgan fingerprint density at radius 3 is 1.80 bits per heavy atom. The van der Waals surface area contributed by atoms with Crippen LogP contribution in [0.1, 0.15) is 36.7 Å². The van der Waals surface area contributed by atoms with Gasteiger partial charge in [0.15, 0.2) is 23.3 Å². The van der Waals surface area contributed by atoms with Crippen molar-refractivity contribution in [3.05, 3.63) is 58.4 Å². The number of methoxy groups -OCH3 is 1. The van der Waals surface area contributed by atoms with Crippen LogP contribution >= 0.6 is 0 Å². The third-order valence-corrected chi connectivity index (χ3v) is 3.77. The fraction of sp³-hybridized carbons (Fsp3) is 0.278. The Morgan fingerprint density at radius 2 is 1.36 bits per heavy atom. The molecule has 0 heterocycles. The number of hydrogen-bond donors (Lipinski definition) is 0. The van der Waals surface area contributed by atoms with Gasteiger partial charge in [0.2, 0.25) is 5.82 Å². The number of hydrogen-bond acceptors (Lipinski definition) is 2. The van der Waals surface area contributed by atoms with E-state index in [1.165, 1.54) is 18.2 Å². The Hall–Kier alpha value is -2.44. The van der Waals surface area contributed by atoms with E-state index in [-0.39, 0.29) is 5.56 Å². The molecule has 0 bridgehead atoms. The first-order chi connectivity index (χ1) is 11.5. The summed E-state index contributed by atoms with van der Waals surface area (Å²) < 4.78 is 73.3. The van der Waals surface area contributed by atoms with E-state index in [0.29, 0.717) is 5.56 Å². The number of carbonyl (C=O) groups excluding carboxylic acids is 1. The van der Waals surface area contributed by atoms with Gasteiger partial charge in [0, 0.05) is 5.56 Å². The summed E-state index contributed by atoms with van der Waals surface area (Å²) in [5.41, 5.74) is -1.85. The van der Waals surface area contributed by atoms with Crippen LogP contribution in [-0.2, 0) is 10.2 Å². The maximum absolute atomic E-state index is 14.2. The van der Waals surface area contributed by atoms with Gasteiger partial charge in [-0.25, -0.2) is 26.7 Å². The van der Waals surface area contributed by atoms with Crippen molar-refractivity contribution in [1.29, 1.82) is 0 Å². The van der Waals surface area contributed by atoms with E-state index in [9.17, 15) is 26.7 Å². The maximum Gasteiger partial charge on any atom is 0.338 e. The Bertz CT molecular complexity index is 825. The van der Waals surface area contributed by atoms with Crippen molar-refractivity contribution in [2.75, 3.05) is 7.11 Å². The molecule has 0 atom stereocenters. The van der Waals surface area contributed by atoms with Crippen molar-refractivity contribution >= 4 is 5.97 Å². The molecule has 0 aliphatic carbocycles. The highest BCUT2D eigenvalue weighted by molar-refractivity contribution is 5.97. The van der Waals surface area contributed by atoms with E-state index < -0.39 is 51.6 Å². The molecule has 134 valence electrons. The first kappa shape index (κ1) is 18.9. The fourth-order valence-electron chi connectivity index (χ4n) is 2.35. The first-order valence-electron chi connectivity index (χ1n) is 7.25. The van der Waals surface area contributed by atoms with Gasteiger partial charge < -0.3 is 4.74 Å². The van der Waals surface area contributed by atoms with Crippen molar-refractivity contribution in [3.8, 4) is 11.1 Å². The lowest BCUT2D eigenvalue weighted by Gasteiger charge is -2.21. The van der Waals surface area contributed by atoms with Crippen LogP contribution in [-0.4, -0.2) is 13.1 Å². The van der Waals surface area contributed by atoms with E-state index in [4.69, 9.17) is 0 Å². The van der Waals surface area contributed by atoms with Crippen LogP contribution < -0.4 is 0 Å². The largest absolute Gasteiger partial charge is 0.465 e. The first-order valence-corrected chi connectivity index (χ1v) is 7.25. The van der Waals surface area contributed by atoms with E-state index in [0.717, 1.165) is 7.11 Å². The van der Waals surface area contributed by atoms with Crippen LogP contribution in [0, 0.1) is 29.1 Å². The van der Waals surface area contributed by atoms with E-state index in [1.807, 2.05) is 0 Å². The molecule has 2 aromatic rings. The summed E-state index contributed by atoms with van der Waals surface area (Å²) in [7, 11) is 1.04. The molecule has 0 radical (unpaired) electrons. The standard InChI is InChI=1S/C18H15F5O2/c1-18(2,3)8-5-6-9(17(24)25-4)10(7-8)11-12(19)14(21)16(23)15(22)13(11)20/h5-7H,1-4H3. The van der Waals surface area contributed by atoms with Crippen molar-refractivity contribution in [2.45, 2.75) is 26.2 Å². The Balaban J connectivity index is 2.93. The van der Waals surface area contributed by atoms with Crippen LogP contribution in [0.3, 0.4) is 0 Å². The maximum atomic E-state index is 14.2. The summed E-state index contributed by atoms with van der Waals surface area (Å²) in [5.74, 6) is -11.4. The van der Waals surface area contributed by atoms with Gasteiger partial charge in [0.1, 0.15) is 0 Å². The number of carbonyl (C=O) groups is 1. The predicted octanol–water partition coefficient (Wildman–Crippen LogP) is 5.13. The summed E-state index contributed by atoms with van der Waals surface area (Å²) in [4.78, 5) is 11.9. The lowest BCUT2D eigenvalue weighted by atomic mass is 9.84. The second-order valence-electron chi connectivity index (χ2n) is 6.45. The molecule has 0 saturated carbocycles. The molecule has 0 unspecified atom stereocenters. The lowest BCUT2D eigenvalue weighted by molar-refractivity contribution is 0.0601. The van der Waals surface area contributed by atoms with Crippen molar-refractivity contribution in [3.63, 3.8) is 0 Å². The third kappa shape index (κ3) is 3.23. The molecular formula is C18H15F5O2. The topological polar surface area (TPSA) is 26.3 Å². The van der Waals surface area contributed by atoms with Crippen molar-refractivity contribution in [1.82, 2.24) is 0 Å². The number of rotatable bonds is 2. The number of ether oxygens (including phenoxy) is 1. The Kier molecular flexibility index (Phi) is 4.88. The zero-order valence-corrected chi connectivity index (χ0v) is 13.9. The number of halogens is 5. The fourth-order valence-corrected chi connectivity index (χ4v) is 2.35. The van der Waals surface area contributed by atoms with E-state index in [1.54, 1.807) is 20.8 Å². The van der Waals surface area contributed by atoms with E-state index in [2.05, 4.69) is 4.74 Å². The average molecular weight is 358 g/mol. The van der Waals surface area contributed by atoms with Crippen LogP contribution in [0.5, 0.6) is 0 Å². The predicted molar refractivity (Wildman–Crippen MR) is 81.7 cm³/mol. The normalized spacial score (nSPS) is 11.6. The van der Waals surface area contributed by atoms with Gasteiger partial charge in [-0.05, 0) is 23.1 Å². The highest BCUT2D eigenvalue weighted by Crippen LogP contribution is 2.36. The Morgan fingerprint density at radius 1 is 0.880 bits per heavy atom. The molecule has 7 heteroatoms. The van der Waals surface area contributed by atoms with Gasteiger partial charge in [-0.15, -0.1) is 0 Å². The minimum Gasteiger partial charge on any atom is -0.465 e. The highest BCUT2D eigenvalue weighted by Gasteiger charge is 2.30. The number of esters is 1. The molecule has 0 spiro atoms. The molecule has 2 aromatic carbocycles. The summed E-state index contributed by atoms with van der Waals surface area (Å²) >= 11 is 0. The van der Waals surface area contributed by atoms with E-state index >= 15 is 0 Å². The molecular weight excluding hydrogens is 343 g/mol. The second-order valence-corrected chi connectivity index (χ2v) is 6.45. The Labute approximate surface area is 141 Å². The van der Waals surface area contributed by atoms with Crippen LogP contribution in [0.4, 0.5) is 22.0 Å². The van der Waals surface area contributed by atoms with Gasteiger partial charge >= 0.3 is 5.97 Å². The van der Waals surface area contributed by atoms with Gasteiger partial charge in [0.05, 0.1) is 18.2 Å². The second kappa shape index (κ2) is 6.46. The molecule has 25 heavy (non-hydrogen) atoms. The lowest BCUT2D eigenvalue weighted by Crippen LogP contribution is -2.14. The minimum atomic E-state index is -2.26. The summed E-state index contributed by atoms with van der Waals surface area (Å²) in [6.45, 7) is 5.38. The zero-order valence-electron chi connectivity index (χ0n) is 13.9. The summed E-state index contributed by atoms with van der Waals surface area (Å²) in [5, 5.41) is 0. The molecule has 0 aromatic heterocycles. The van der Waals surface area contributed by atoms with Gasteiger partial charge in [-0.3, -0.25) is 0 Å². The van der Waals surface area contributed by atoms with Crippen LogP contribution in [0.25, 0.3) is 11.1 Å². The molecule has 0 fully saturated rings. The molecule has 0 aliphatic rings. The quantitative estimate of drug-likeness (QED) is 0.322. The average Bonchev–Trinajstić information content (AvgIpc) is 2.56. The molecule has 0 aliphatic heterocycles. The van der Waals surface area contributed by atoms with Crippen LogP contribution in [0.15, 0.2) is 18.2 Å². The van der Waals surface area contributed by atoms with Crippen molar-refractivity contribution < 1.29 is 31.5 Å². The van der Waals surface area contributed by atoms with Crippen LogP contribution in [0.2, 0.25) is 0 Å². The van der Waals surface area contributed by atoms with Gasteiger partial charge in [-0.2, -0.15) is 0 Å². The minimum absolute atomic E-state index is 0.307. The third-order valence-electron chi connectivity index (χ3n) is 3.77. The molecule has 2 rings (SSSR count). The smallest absolute Gasteiger partial charge is 0.338 e. The van der Waals surface area contributed by atoms with Gasteiger partial charge in [-0.1, -0.05) is 26.8 Å². The number of benzene rings is 2. The SMILES string of the molecule is COC(=O)c1ccc(C(C)(C)C)cc1-c1c(F)c(F)c(F)c(F)c1F. The monoisotopic (exact) mass is 358 g/mol. The molecule has 0 N–H and O–H groups in total. The summed E-state index contributed by atoms with van der Waals surface area (Å²) in [6, 6.07) is 3.99. The molecule has 0 amide bonds. The van der Waals surface area contributed by atoms with Crippen molar-refractivity contribution in [2.24, 2.45) is 0 Å². The highest BCUT2D eigenvalue weighted by atomic mass is 19.2. The molecule has 0 saturated heterocycles. The molecule has 2 nitrogen and oxygen atoms in total. The summed E-state index contributed by atoms with van der Waals surface area (Å²) in [6.07, 6.45) is 0.